The van der Waals surface area contributed by atoms with E-state index in [-0.39, 0.29) is 17.5 Å². The average Bonchev–Trinajstić information content (AvgIpc) is 2.83. The normalized spacial score (nSPS) is 21.9. The van der Waals surface area contributed by atoms with Crippen LogP contribution in [0, 0.1) is 5.92 Å². The molecule has 0 amide bonds. The molecule has 2 aromatic carbocycles. The molecule has 0 spiro atoms. The molecule has 1 unspecified atom stereocenters. The largest absolute Gasteiger partial charge is 0.493 e. The van der Waals surface area contributed by atoms with Gasteiger partial charge in [0, 0.05) is 36.2 Å². The van der Waals surface area contributed by atoms with Crippen LogP contribution >= 0.6 is 0 Å². The van der Waals surface area contributed by atoms with Gasteiger partial charge in [0.1, 0.15) is 5.92 Å². The fourth-order valence-electron chi connectivity index (χ4n) is 4.93. The highest BCUT2D eigenvalue weighted by atomic mass is 16.6. The summed E-state index contributed by atoms with van der Waals surface area (Å²) in [5, 5.41) is 0. The van der Waals surface area contributed by atoms with Crippen molar-refractivity contribution >= 4 is 23.4 Å². The van der Waals surface area contributed by atoms with Gasteiger partial charge < -0.3 is 14.2 Å². The van der Waals surface area contributed by atoms with E-state index < -0.39 is 23.8 Å². The first kappa shape index (κ1) is 23.4. The van der Waals surface area contributed by atoms with Crippen LogP contribution in [0.25, 0.3) is 0 Å². The Morgan fingerprint density at radius 2 is 1.71 bits per heavy atom. The van der Waals surface area contributed by atoms with Crippen molar-refractivity contribution in [2.45, 2.75) is 38.5 Å². The summed E-state index contributed by atoms with van der Waals surface area (Å²) in [7, 11) is 2.80. The van der Waals surface area contributed by atoms with Gasteiger partial charge in [-0.05, 0) is 42.5 Å². The first-order chi connectivity index (χ1) is 16.3. The maximum atomic E-state index is 13.5. The fourth-order valence-corrected chi connectivity index (χ4v) is 4.93. The molecule has 4 rings (SSSR count). The van der Waals surface area contributed by atoms with E-state index >= 15 is 0 Å². The molecule has 2 aliphatic rings. The van der Waals surface area contributed by atoms with Gasteiger partial charge in [-0.15, -0.1) is 0 Å². The smallest absolute Gasteiger partial charge is 0.315 e. The maximum absolute atomic E-state index is 13.5. The molecule has 7 nitrogen and oxygen atoms in total. The highest BCUT2D eigenvalue weighted by Crippen LogP contribution is 2.47. The topological polar surface area (TPSA) is 91.3 Å². The lowest BCUT2D eigenvalue weighted by molar-refractivity contribution is -0.143. The fraction of sp³-hybridized carbons (Fsp3) is 0.333. The van der Waals surface area contributed by atoms with Crippen LogP contribution in [0.2, 0.25) is 0 Å². The second-order valence-electron chi connectivity index (χ2n) is 8.54. The van der Waals surface area contributed by atoms with Gasteiger partial charge in [0.25, 0.3) is 0 Å². The number of carbonyl (C=O) groups is 3. The Morgan fingerprint density at radius 1 is 0.971 bits per heavy atom. The van der Waals surface area contributed by atoms with Gasteiger partial charge in [0.15, 0.2) is 17.3 Å². The van der Waals surface area contributed by atoms with Crippen molar-refractivity contribution in [2.75, 3.05) is 14.2 Å². The second-order valence-corrected chi connectivity index (χ2v) is 8.54. The van der Waals surface area contributed by atoms with Crippen molar-refractivity contribution in [3.63, 3.8) is 0 Å². The summed E-state index contributed by atoms with van der Waals surface area (Å²) in [6.07, 6.45) is 0.944. The van der Waals surface area contributed by atoms with Gasteiger partial charge in [-0.1, -0.05) is 36.4 Å². The zero-order chi connectivity index (χ0) is 24.4. The SMILES string of the molecule is COC(=O)C1C(C)=NC2=C(C(=O)C[C@@H](c3ccccc3)C2)[C@@H]1c1ccc(OC(C)=O)c(OC)c1. The molecule has 3 atom stereocenters. The van der Waals surface area contributed by atoms with E-state index in [2.05, 4.69) is 0 Å². The monoisotopic (exact) mass is 461 g/mol. The summed E-state index contributed by atoms with van der Waals surface area (Å²) >= 11 is 0. The minimum atomic E-state index is -0.745. The number of esters is 2. The number of hydrogen-bond donors (Lipinski definition) is 0. The highest BCUT2D eigenvalue weighted by molar-refractivity contribution is 6.09. The lowest BCUT2D eigenvalue weighted by atomic mass is 9.69. The van der Waals surface area contributed by atoms with Gasteiger partial charge >= 0.3 is 11.9 Å². The standard InChI is InChI=1S/C27H27NO6/c1-15-24(27(31)33-4)25(18-10-11-22(34-16(2)29)23(14-18)32-3)26-20(28-15)12-19(13-21(26)30)17-8-6-5-7-9-17/h5-11,14,19,24-25H,12-13H2,1-4H3/t19-,24?,25+/m0/s1. The molecule has 0 N–H and O–H groups in total. The maximum Gasteiger partial charge on any atom is 0.315 e. The molecule has 0 bridgehead atoms. The molecule has 1 aliphatic heterocycles. The number of hydrogen-bond acceptors (Lipinski definition) is 7. The Bertz CT molecular complexity index is 1200. The quantitative estimate of drug-likeness (QED) is 0.485. The highest BCUT2D eigenvalue weighted by Gasteiger charge is 2.44. The summed E-state index contributed by atoms with van der Waals surface area (Å²) in [6.45, 7) is 3.10. The molecular weight excluding hydrogens is 434 g/mol. The summed E-state index contributed by atoms with van der Waals surface area (Å²) in [4.78, 5) is 42.6. The van der Waals surface area contributed by atoms with E-state index in [0.29, 0.717) is 41.1 Å². The molecule has 34 heavy (non-hydrogen) atoms. The third-order valence-corrected chi connectivity index (χ3v) is 6.42. The molecule has 0 saturated carbocycles. The van der Waals surface area contributed by atoms with Crippen LogP contribution in [-0.4, -0.2) is 37.7 Å². The van der Waals surface area contributed by atoms with E-state index in [9.17, 15) is 14.4 Å². The van der Waals surface area contributed by atoms with Crippen LogP contribution in [0.1, 0.15) is 49.7 Å². The molecule has 1 aliphatic carbocycles. The zero-order valence-electron chi connectivity index (χ0n) is 19.7. The van der Waals surface area contributed by atoms with Crippen LogP contribution in [0.4, 0.5) is 0 Å². The number of Topliss-reactive ketones (excluding diaryl/α,β-unsaturated/α-hetero) is 1. The Morgan fingerprint density at radius 3 is 2.35 bits per heavy atom. The number of ketones is 1. The average molecular weight is 462 g/mol. The molecule has 7 heteroatoms. The van der Waals surface area contributed by atoms with Crippen molar-refractivity contribution in [3.05, 3.63) is 70.9 Å². The van der Waals surface area contributed by atoms with E-state index in [1.165, 1.54) is 21.1 Å². The van der Waals surface area contributed by atoms with Gasteiger partial charge in [-0.2, -0.15) is 0 Å². The number of rotatable bonds is 5. The molecular formula is C27H27NO6. The van der Waals surface area contributed by atoms with Crippen molar-refractivity contribution in [2.24, 2.45) is 10.9 Å². The van der Waals surface area contributed by atoms with Crippen molar-refractivity contribution < 1.29 is 28.6 Å². The number of ether oxygens (including phenoxy) is 3. The molecule has 0 radical (unpaired) electrons. The van der Waals surface area contributed by atoms with Crippen LogP contribution < -0.4 is 9.47 Å². The van der Waals surface area contributed by atoms with Crippen LogP contribution in [0.5, 0.6) is 11.5 Å². The summed E-state index contributed by atoms with van der Waals surface area (Å²) < 4.78 is 15.8. The van der Waals surface area contributed by atoms with Crippen molar-refractivity contribution in [1.29, 1.82) is 0 Å². The van der Waals surface area contributed by atoms with E-state index in [4.69, 9.17) is 19.2 Å². The summed E-state index contributed by atoms with van der Waals surface area (Å²) in [5.74, 6) is -1.66. The zero-order valence-corrected chi connectivity index (χ0v) is 19.7. The third-order valence-electron chi connectivity index (χ3n) is 6.42. The predicted molar refractivity (Wildman–Crippen MR) is 126 cm³/mol. The number of nitrogens with zero attached hydrogens (tertiary/aromatic N) is 1. The lowest BCUT2D eigenvalue weighted by Gasteiger charge is -2.36. The molecule has 0 aromatic heterocycles. The van der Waals surface area contributed by atoms with Crippen LogP contribution in [-0.2, 0) is 19.1 Å². The number of benzene rings is 2. The Labute approximate surface area is 198 Å². The first-order valence-electron chi connectivity index (χ1n) is 11.1. The van der Waals surface area contributed by atoms with Gasteiger partial charge in [0.05, 0.1) is 14.2 Å². The first-order valence-corrected chi connectivity index (χ1v) is 11.1. The van der Waals surface area contributed by atoms with Crippen molar-refractivity contribution in [3.8, 4) is 11.5 Å². The van der Waals surface area contributed by atoms with Crippen LogP contribution in [0.15, 0.2) is 64.8 Å². The number of aliphatic imine (C=N–C) groups is 1. The van der Waals surface area contributed by atoms with Crippen LogP contribution in [0.3, 0.4) is 0 Å². The Hall–Kier alpha value is -3.74. The minimum Gasteiger partial charge on any atom is -0.493 e. The van der Waals surface area contributed by atoms with Crippen molar-refractivity contribution in [1.82, 2.24) is 0 Å². The molecule has 1 heterocycles. The summed E-state index contributed by atoms with van der Waals surface area (Å²) in [6, 6.07) is 15.0. The molecule has 0 saturated heterocycles. The molecule has 0 fully saturated rings. The number of allylic oxidation sites excluding steroid dienone is 2. The van der Waals surface area contributed by atoms with E-state index in [1.807, 2.05) is 30.3 Å². The van der Waals surface area contributed by atoms with Gasteiger partial charge in [0.2, 0.25) is 0 Å². The predicted octanol–water partition coefficient (Wildman–Crippen LogP) is 4.37. The minimum absolute atomic E-state index is 0.0280. The second kappa shape index (κ2) is 9.63. The number of carbonyl (C=O) groups excluding carboxylic acids is 3. The molecule has 2 aromatic rings. The third kappa shape index (κ3) is 4.38. The molecule has 176 valence electrons. The number of methoxy groups -OCH3 is 2. The van der Waals surface area contributed by atoms with Gasteiger partial charge in [-0.3, -0.25) is 19.4 Å². The Balaban J connectivity index is 1.82. The van der Waals surface area contributed by atoms with E-state index in [0.717, 1.165) is 5.56 Å². The lowest BCUT2D eigenvalue weighted by Crippen LogP contribution is -2.37. The summed E-state index contributed by atoms with van der Waals surface area (Å²) in [5.41, 5.74) is 3.62. The van der Waals surface area contributed by atoms with Gasteiger partial charge in [-0.25, -0.2) is 0 Å². The Kier molecular flexibility index (Phi) is 6.63. The van der Waals surface area contributed by atoms with E-state index in [1.54, 1.807) is 25.1 Å².